The van der Waals surface area contributed by atoms with Crippen LogP contribution in [0.1, 0.15) is 21.5 Å². The second-order valence-electron chi connectivity index (χ2n) is 5.45. The average Bonchev–Trinajstić information content (AvgIpc) is 2.56. The Kier molecular flexibility index (Phi) is 5.52. The number of phenols is 1. The second-order valence-corrected chi connectivity index (χ2v) is 5.45. The molecule has 0 spiro atoms. The van der Waals surface area contributed by atoms with Gasteiger partial charge in [-0.3, -0.25) is 4.79 Å². The van der Waals surface area contributed by atoms with Crippen molar-refractivity contribution in [3.8, 4) is 5.75 Å². The molecule has 2 rings (SSSR count). The number of hydrogen-bond acceptors (Lipinski definition) is 4. The van der Waals surface area contributed by atoms with Crippen molar-refractivity contribution < 1.29 is 23.8 Å². The molecule has 2 aromatic rings. The van der Waals surface area contributed by atoms with Gasteiger partial charge in [0.2, 0.25) is 0 Å². The molecule has 0 radical (unpaired) electrons. The maximum atomic E-state index is 12.9. The lowest BCUT2D eigenvalue weighted by Gasteiger charge is -2.17. The van der Waals surface area contributed by atoms with Gasteiger partial charge in [-0.1, -0.05) is 18.2 Å². The quantitative estimate of drug-likeness (QED) is 0.856. The van der Waals surface area contributed by atoms with Gasteiger partial charge in [-0.25, -0.2) is 9.18 Å². The van der Waals surface area contributed by atoms with Gasteiger partial charge < -0.3 is 14.7 Å². The average molecular weight is 331 g/mol. The first-order valence-corrected chi connectivity index (χ1v) is 7.32. The summed E-state index contributed by atoms with van der Waals surface area (Å²) in [7, 11) is 1.57. The van der Waals surface area contributed by atoms with Crippen LogP contribution in [-0.4, -0.2) is 35.5 Å². The number of carbonyl (C=O) groups excluding carboxylic acids is 2. The maximum Gasteiger partial charge on any atom is 0.338 e. The van der Waals surface area contributed by atoms with E-state index in [0.29, 0.717) is 5.56 Å². The maximum absolute atomic E-state index is 12.9. The molecule has 0 aliphatic rings. The molecule has 24 heavy (non-hydrogen) atoms. The van der Waals surface area contributed by atoms with E-state index in [2.05, 4.69) is 0 Å². The van der Waals surface area contributed by atoms with E-state index in [1.807, 2.05) is 0 Å². The largest absolute Gasteiger partial charge is 0.508 e. The van der Waals surface area contributed by atoms with Crippen LogP contribution < -0.4 is 0 Å². The van der Waals surface area contributed by atoms with Crippen LogP contribution in [0.4, 0.5) is 4.39 Å². The van der Waals surface area contributed by atoms with Crippen molar-refractivity contribution in [3.05, 3.63) is 65.0 Å². The molecule has 1 N–H and O–H groups in total. The summed E-state index contributed by atoms with van der Waals surface area (Å²) in [6.45, 7) is 1.57. The number of ether oxygens (including phenoxy) is 1. The smallest absolute Gasteiger partial charge is 0.338 e. The van der Waals surface area contributed by atoms with Crippen molar-refractivity contribution in [3.63, 3.8) is 0 Å². The van der Waals surface area contributed by atoms with Gasteiger partial charge in [0, 0.05) is 13.6 Å². The van der Waals surface area contributed by atoms with Crippen molar-refractivity contribution in [2.75, 3.05) is 13.7 Å². The molecule has 126 valence electrons. The Hall–Kier alpha value is -2.89. The molecule has 2 aromatic carbocycles. The Morgan fingerprint density at radius 3 is 2.46 bits per heavy atom. The number of phenolic OH excluding ortho intramolecular Hbond substituents is 1. The molecule has 0 aliphatic heterocycles. The normalized spacial score (nSPS) is 10.3. The van der Waals surface area contributed by atoms with Crippen LogP contribution in [0.2, 0.25) is 0 Å². The fourth-order valence-corrected chi connectivity index (χ4v) is 2.01. The first-order chi connectivity index (χ1) is 11.4. The van der Waals surface area contributed by atoms with E-state index in [1.54, 1.807) is 32.2 Å². The Labute approximate surface area is 139 Å². The molecule has 6 heteroatoms. The van der Waals surface area contributed by atoms with Gasteiger partial charge in [0.25, 0.3) is 5.91 Å². The molecule has 0 saturated heterocycles. The summed E-state index contributed by atoms with van der Waals surface area (Å²) in [5.41, 5.74) is 1.58. The molecule has 0 fully saturated rings. The number of halogens is 1. The van der Waals surface area contributed by atoms with Gasteiger partial charge in [-0.05, 0) is 42.3 Å². The van der Waals surface area contributed by atoms with Crippen LogP contribution >= 0.6 is 0 Å². The van der Waals surface area contributed by atoms with Crippen molar-refractivity contribution >= 4 is 11.9 Å². The topological polar surface area (TPSA) is 66.8 Å². The minimum Gasteiger partial charge on any atom is -0.508 e. The van der Waals surface area contributed by atoms with Crippen molar-refractivity contribution in [1.29, 1.82) is 0 Å². The van der Waals surface area contributed by atoms with Crippen LogP contribution in [0.25, 0.3) is 0 Å². The number of amides is 1. The Balaban J connectivity index is 1.88. The number of aryl methyl sites for hydroxylation is 1. The number of likely N-dealkylation sites (N-methyl/N-ethyl adjacent to an activating group) is 1. The van der Waals surface area contributed by atoms with Crippen LogP contribution in [0.5, 0.6) is 5.75 Å². The first-order valence-electron chi connectivity index (χ1n) is 7.32. The predicted molar refractivity (Wildman–Crippen MR) is 86.0 cm³/mol. The highest BCUT2D eigenvalue weighted by Crippen LogP contribution is 2.18. The highest BCUT2D eigenvalue weighted by atomic mass is 19.1. The highest BCUT2D eigenvalue weighted by Gasteiger charge is 2.14. The number of esters is 1. The summed E-state index contributed by atoms with van der Waals surface area (Å²) in [4.78, 5) is 25.3. The lowest BCUT2D eigenvalue weighted by atomic mass is 10.1. The van der Waals surface area contributed by atoms with E-state index in [4.69, 9.17) is 4.74 Å². The molecule has 0 aromatic heterocycles. The number of hydrogen-bond donors (Lipinski definition) is 1. The zero-order chi connectivity index (χ0) is 17.7. The monoisotopic (exact) mass is 331 g/mol. The van der Waals surface area contributed by atoms with Crippen molar-refractivity contribution in [2.45, 2.75) is 13.5 Å². The third-order valence-corrected chi connectivity index (χ3v) is 3.53. The highest BCUT2D eigenvalue weighted by molar-refractivity contribution is 5.91. The van der Waals surface area contributed by atoms with Gasteiger partial charge in [0.15, 0.2) is 6.61 Å². The van der Waals surface area contributed by atoms with Crippen LogP contribution in [0.15, 0.2) is 42.5 Å². The molecule has 0 aliphatic carbocycles. The number of aromatic hydroxyl groups is 1. The zero-order valence-corrected chi connectivity index (χ0v) is 13.5. The lowest BCUT2D eigenvalue weighted by molar-refractivity contribution is -0.133. The first kappa shape index (κ1) is 17.5. The predicted octanol–water partition coefficient (Wildman–Crippen LogP) is 2.66. The molecule has 0 atom stereocenters. The minimum absolute atomic E-state index is 0.01000. The minimum atomic E-state index is -0.686. The molecule has 0 saturated carbocycles. The number of rotatable bonds is 5. The fraction of sp³-hybridized carbons (Fsp3) is 0.222. The Bertz CT molecular complexity index is 743. The van der Waals surface area contributed by atoms with E-state index in [1.165, 1.54) is 29.2 Å². The second kappa shape index (κ2) is 7.59. The van der Waals surface area contributed by atoms with Gasteiger partial charge >= 0.3 is 5.97 Å². The zero-order valence-electron chi connectivity index (χ0n) is 13.5. The standard InChI is InChI=1S/C18H18FNO4/c1-12-3-6-14(9-16(12)21)18(23)24-11-17(22)20(2)10-13-4-7-15(19)8-5-13/h3-9,21H,10-11H2,1-2H3. The number of nitrogens with zero attached hydrogens (tertiary/aromatic N) is 1. The Morgan fingerprint density at radius 2 is 1.83 bits per heavy atom. The SMILES string of the molecule is Cc1ccc(C(=O)OCC(=O)N(C)Cc2ccc(F)cc2)cc1O. The number of benzene rings is 2. The van der Waals surface area contributed by atoms with E-state index in [-0.39, 0.29) is 29.6 Å². The van der Waals surface area contributed by atoms with Crippen molar-refractivity contribution in [2.24, 2.45) is 0 Å². The lowest BCUT2D eigenvalue weighted by Crippen LogP contribution is -2.30. The van der Waals surface area contributed by atoms with Gasteiger partial charge in [-0.2, -0.15) is 0 Å². The van der Waals surface area contributed by atoms with E-state index in [0.717, 1.165) is 5.56 Å². The molecule has 1 amide bonds. The molecular weight excluding hydrogens is 313 g/mol. The third kappa shape index (κ3) is 4.55. The summed E-state index contributed by atoms with van der Waals surface area (Å²) in [6.07, 6.45) is 0. The molecule has 0 bridgehead atoms. The van der Waals surface area contributed by atoms with Crippen LogP contribution in [0, 0.1) is 12.7 Å². The summed E-state index contributed by atoms with van der Waals surface area (Å²) in [5.74, 6) is -1.43. The molecule has 0 heterocycles. The molecule has 0 unspecified atom stereocenters. The van der Waals surface area contributed by atoms with Gasteiger partial charge in [-0.15, -0.1) is 0 Å². The fourth-order valence-electron chi connectivity index (χ4n) is 2.01. The summed E-state index contributed by atoms with van der Waals surface area (Å²) >= 11 is 0. The summed E-state index contributed by atoms with van der Waals surface area (Å²) in [5, 5.41) is 9.59. The van der Waals surface area contributed by atoms with Gasteiger partial charge in [0.1, 0.15) is 11.6 Å². The molecular formula is C18H18FNO4. The van der Waals surface area contributed by atoms with Gasteiger partial charge in [0.05, 0.1) is 5.56 Å². The van der Waals surface area contributed by atoms with E-state index < -0.39 is 12.6 Å². The summed E-state index contributed by atoms with van der Waals surface area (Å²) in [6, 6.07) is 10.2. The Morgan fingerprint density at radius 1 is 1.17 bits per heavy atom. The van der Waals surface area contributed by atoms with Crippen LogP contribution in [-0.2, 0) is 16.1 Å². The number of carbonyl (C=O) groups is 2. The van der Waals surface area contributed by atoms with E-state index >= 15 is 0 Å². The molecule has 5 nitrogen and oxygen atoms in total. The van der Waals surface area contributed by atoms with Crippen molar-refractivity contribution in [1.82, 2.24) is 4.90 Å². The van der Waals surface area contributed by atoms with E-state index in [9.17, 15) is 19.1 Å². The third-order valence-electron chi connectivity index (χ3n) is 3.53. The summed E-state index contributed by atoms with van der Waals surface area (Å²) < 4.78 is 17.8. The van der Waals surface area contributed by atoms with Crippen LogP contribution in [0.3, 0.4) is 0 Å².